The molecule has 2 fully saturated rings. The number of ether oxygens (including phenoxy) is 4. The van der Waals surface area contributed by atoms with Gasteiger partial charge < -0.3 is 18.9 Å². The number of hydrogen-bond acceptors (Lipinski definition) is 6. The molecule has 2 aliphatic rings. The van der Waals surface area contributed by atoms with Crippen molar-refractivity contribution in [3.8, 4) is 0 Å². The van der Waals surface area contributed by atoms with Crippen LogP contribution in [-0.2, 0) is 18.9 Å². The van der Waals surface area contributed by atoms with E-state index < -0.39 is 12.2 Å². The van der Waals surface area contributed by atoms with Crippen molar-refractivity contribution < 1.29 is 18.9 Å². The molecular formula is C8H12N6O4. The normalized spacial score (nSPS) is 34.9. The average Bonchev–Trinajstić information content (AvgIpc) is 3.01. The summed E-state index contributed by atoms with van der Waals surface area (Å²) in [6.45, 7) is 0.555. The van der Waals surface area contributed by atoms with Gasteiger partial charge in [-0.3, -0.25) is 0 Å². The van der Waals surface area contributed by atoms with Crippen molar-refractivity contribution in [1.82, 2.24) is 0 Å². The maximum Gasteiger partial charge on any atom is 0.147 e. The summed E-state index contributed by atoms with van der Waals surface area (Å²) in [4.78, 5) is 5.36. The zero-order valence-corrected chi connectivity index (χ0v) is 9.45. The standard InChI is InChI=1S/C8H12N6O4/c9-13-11-1-5-7(17-3-15-5)8-6(2-12-14-10)16-4-18-8/h5-8H,1-4H2/t5-,6-,7-,8-/m0/s1. The van der Waals surface area contributed by atoms with Crippen molar-refractivity contribution in [1.29, 1.82) is 0 Å². The number of nitrogens with zero attached hydrogens (tertiary/aromatic N) is 6. The monoisotopic (exact) mass is 256 g/mol. The Bertz CT molecular complexity index is 344. The van der Waals surface area contributed by atoms with E-state index >= 15 is 0 Å². The lowest BCUT2D eigenvalue weighted by Crippen LogP contribution is -2.43. The minimum Gasteiger partial charge on any atom is -0.349 e. The van der Waals surface area contributed by atoms with Crippen LogP contribution in [-0.4, -0.2) is 51.1 Å². The van der Waals surface area contributed by atoms with Gasteiger partial charge in [0.2, 0.25) is 0 Å². The van der Waals surface area contributed by atoms with Crippen LogP contribution in [0.3, 0.4) is 0 Å². The maximum atomic E-state index is 8.30. The first-order valence-electron chi connectivity index (χ1n) is 5.35. The van der Waals surface area contributed by atoms with E-state index in [9.17, 15) is 0 Å². The summed E-state index contributed by atoms with van der Waals surface area (Å²) >= 11 is 0. The van der Waals surface area contributed by atoms with E-state index in [1.54, 1.807) is 0 Å². The van der Waals surface area contributed by atoms with Crippen molar-refractivity contribution in [2.24, 2.45) is 10.2 Å². The predicted octanol–water partition coefficient (Wildman–Crippen LogP) is 1.09. The van der Waals surface area contributed by atoms with Gasteiger partial charge in [-0.1, -0.05) is 10.2 Å². The lowest BCUT2D eigenvalue weighted by molar-refractivity contribution is -0.0305. The Morgan fingerprint density at radius 2 is 1.28 bits per heavy atom. The molecule has 0 saturated carbocycles. The van der Waals surface area contributed by atoms with Gasteiger partial charge in [-0.05, 0) is 11.1 Å². The van der Waals surface area contributed by atoms with Gasteiger partial charge in [0.15, 0.2) is 0 Å². The molecule has 0 amide bonds. The smallest absolute Gasteiger partial charge is 0.147 e. The summed E-state index contributed by atoms with van der Waals surface area (Å²) in [7, 11) is 0. The second-order valence-corrected chi connectivity index (χ2v) is 3.74. The summed E-state index contributed by atoms with van der Waals surface area (Å²) in [5, 5.41) is 6.92. The van der Waals surface area contributed by atoms with Crippen molar-refractivity contribution >= 4 is 0 Å². The predicted molar refractivity (Wildman–Crippen MR) is 57.3 cm³/mol. The first-order chi connectivity index (χ1) is 8.86. The third-order valence-corrected chi connectivity index (χ3v) is 2.79. The van der Waals surface area contributed by atoms with Crippen LogP contribution in [0, 0.1) is 0 Å². The molecule has 0 aliphatic carbocycles. The van der Waals surface area contributed by atoms with E-state index in [2.05, 4.69) is 20.1 Å². The van der Waals surface area contributed by atoms with Crippen LogP contribution < -0.4 is 0 Å². The van der Waals surface area contributed by atoms with Crippen molar-refractivity contribution in [3.63, 3.8) is 0 Å². The fraction of sp³-hybridized carbons (Fsp3) is 1.00. The highest BCUT2D eigenvalue weighted by Gasteiger charge is 2.43. The summed E-state index contributed by atoms with van der Waals surface area (Å²) in [6.07, 6.45) is -1.53. The Morgan fingerprint density at radius 3 is 1.67 bits per heavy atom. The molecule has 0 unspecified atom stereocenters. The van der Waals surface area contributed by atoms with Crippen LogP contribution in [0.5, 0.6) is 0 Å². The number of hydrogen-bond donors (Lipinski definition) is 0. The van der Waals surface area contributed by atoms with Gasteiger partial charge >= 0.3 is 0 Å². The van der Waals surface area contributed by atoms with Gasteiger partial charge in [0.05, 0.1) is 25.3 Å². The molecule has 10 nitrogen and oxygen atoms in total. The maximum absolute atomic E-state index is 8.30. The van der Waals surface area contributed by atoms with E-state index in [-0.39, 0.29) is 38.9 Å². The molecule has 0 N–H and O–H groups in total. The highest BCUT2D eigenvalue weighted by molar-refractivity contribution is 4.91. The molecule has 4 atom stereocenters. The zero-order chi connectivity index (χ0) is 12.8. The SMILES string of the molecule is [N-]=[N+]=NC[C@@H]1OCO[C@@H]1[C@H]1OCO[C@H]1CN=[N+]=[N-]. The molecule has 2 heterocycles. The number of azide groups is 2. The largest absolute Gasteiger partial charge is 0.349 e. The van der Waals surface area contributed by atoms with Gasteiger partial charge in [-0.25, -0.2) is 0 Å². The van der Waals surface area contributed by atoms with Gasteiger partial charge in [0, 0.05) is 9.82 Å². The van der Waals surface area contributed by atoms with Crippen LogP contribution in [0.4, 0.5) is 0 Å². The van der Waals surface area contributed by atoms with E-state index in [0.29, 0.717) is 0 Å². The van der Waals surface area contributed by atoms with Crippen LogP contribution in [0.2, 0.25) is 0 Å². The summed E-state index contributed by atoms with van der Waals surface area (Å²) in [6, 6.07) is 0. The molecule has 0 aromatic carbocycles. The molecule has 2 saturated heterocycles. The van der Waals surface area contributed by atoms with Crippen LogP contribution in [0.1, 0.15) is 0 Å². The highest BCUT2D eigenvalue weighted by Crippen LogP contribution is 2.26. The molecule has 10 heteroatoms. The van der Waals surface area contributed by atoms with E-state index in [0.717, 1.165) is 0 Å². The minimum atomic E-state index is -0.392. The van der Waals surface area contributed by atoms with Crippen LogP contribution >= 0.6 is 0 Å². The van der Waals surface area contributed by atoms with Crippen LogP contribution in [0.15, 0.2) is 10.2 Å². The summed E-state index contributed by atoms with van der Waals surface area (Å²) < 4.78 is 21.4. The zero-order valence-electron chi connectivity index (χ0n) is 9.45. The van der Waals surface area contributed by atoms with Gasteiger partial charge in [0.1, 0.15) is 25.8 Å². The fourth-order valence-electron chi connectivity index (χ4n) is 1.97. The van der Waals surface area contributed by atoms with Gasteiger partial charge in [-0.15, -0.1) is 0 Å². The topological polar surface area (TPSA) is 134 Å². The molecule has 0 bridgehead atoms. The fourth-order valence-corrected chi connectivity index (χ4v) is 1.97. The molecule has 0 spiro atoms. The lowest BCUT2D eigenvalue weighted by Gasteiger charge is -2.23. The number of rotatable bonds is 5. The second-order valence-electron chi connectivity index (χ2n) is 3.74. The highest BCUT2D eigenvalue weighted by atomic mass is 16.8. The van der Waals surface area contributed by atoms with Crippen molar-refractivity contribution in [2.75, 3.05) is 26.7 Å². The van der Waals surface area contributed by atoms with Crippen LogP contribution in [0.25, 0.3) is 20.9 Å². The Hall–Kier alpha value is -1.54. The van der Waals surface area contributed by atoms with Gasteiger partial charge in [-0.2, -0.15) is 0 Å². The third kappa shape index (κ3) is 2.82. The molecule has 2 aliphatic heterocycles. The molecule has 18 heavy (non-hydrogen) atoms. The first kappa shape index (κ1) is 12.9. The van der Waals surface area contributed by atoms with Crippen molar-refractivity contribution in [3.05, 3.63) is 20.9 Å². The van der Waals surface area contributed by atoms with E-state index in [1.807, 2.05) is 0 Å². The lowest BCUT2D eigenvalue weighted by atomic mass is 10.0. The van der Waals surface area contributed by atoms with Crippen molar-refractivity contribution in [2.45, 2.75) is 24.4 Å². The van der Waals surface area contributed by atoms with Gasteiger partial charge in [0.25, 0.3) is 0 Å². The molecule has 98 valence electrons. The third-order valence-electron chi connectivity index (χ3n) is 2.79. The van der Waals surface area contributed by atoms with E-state index in [4.69, 9.17) is 30.0 Å². The Labute approximate surface area is 102 Å². The summed E-state index contributed by atoms with van der Waals surface area (Å²) in [5.74, 6) is 0. The minimum absolute atomic E-state index is 0.115. The summed E-state index contributed by atoms with van der Waals surface area (Å²) in [5.41, 5.74) is 16.6. The Kier molecular flexibility index (Phi) is 4.59. The second kappa shape index (κ2) is 6.41. The molecule has 0 radical (unpaired) electrons. The average molecular weight is 256 g/mol. The van der Waals surface area contributed by atoms with E-state index in [1.165, 1.54) is 0 Å². The molecule has 0 aromatic heterocycles. The molecule has 2 rings (SSSR count). The molecule has 0 aromatic rings. The Balaban J connectivity index is 1.99. The quantitative estimate of drug-likeness (QED) is 0.413. The molecular weight excluding hydrogens is 244 g/mol. The Morgan fingerprint density at radius 1 is 0.833 bits per heavy atom. The first-order valence-corrected chi connectivity index (χ1v) is 5.35.